The van der Waals surface area contributed by atoms with E-state index in [-0.39, 0.29) is 0 Å². The minimum Gasteiger partial charge on any atom is -0.478 e. The van der Waals surface area contributed by atoms with Crippen LogP contribution in [0, 0.1) is 6.92 Å². The van der Waals surface area contributed by atoms with Crippen molar-refractivity contribution in [3.05, 3.63) is 59.2 Å². The summed E-state index contributed by atoms with van der Waals surface area (Å²) in [4.78, 5) is 11.3. The summed E-state index contributed by atoms with van der Waals surface area (Å²) in [5, 5.41) is 12.4. The number of anilines is 2. The maximum absolute atomic E-state index is 11.3. The molecule has 2 aromatic carbocycles. The molecule has 2 aromatic rings. The van der Waals surface area contributed by atoms with E-state index in [1.54, 1.807) is 12.1 Å². The van der Waals surface area contributed by atoms with Gasteiger partial charge in [-0.2, -0.15) is 0 Å². The Morgan fingerprint density at radius 3 is 2.45 bits per heavy atom. The number of aryl methyl sites for hydroxylation is 2. The van der Waals surface area contributed by atoms with E-state index in [1.807, 2.05) is 25.1 Å². The molecule has 0 fully saturated rings. The number of carbonyl (C=O) groups is 1. The van der Waals surface area contributed by atoms with Crippen LogP contribution in [0.15, 0.2) is 42.5 Å². The van der Waals surface area contributed by atoms with Gasteiger partial charge in [-0.15, -0.1) is 0 Å². The highest BCUT2D eigenvalue weighted by molar-refractivity contribution is 5.95. The van der Waals surface area contributed by atoms with E-state index < -0.39 is 5.97 Å². The van der Waals surface area contributed by atoms with Crippen molar-refractivity contribution in [2.75, 3.05) is 5.32 Å². The number of carboxylic acid groups (broad SMARTS) is 1. The molecule has 0 aromatic heterocycles. The molecule has 0 spiro atoms. The van der Waals surface area contributed by atoms with Crippen LogP contribution in [-0.4, -0.2) is 11.1 Å². The maximum atomic E-state index is 11.3. The van der Waals surface area contributed by atoms with Crippen LogP contribution in [0.2, 0.25) is 0 Å². The van der Waals surface area contributed by atoms with E-state index in [2.05, 4.69) is 24.4 Å². The zero-order chi connectivity index (χ0) is 14.5. The summed E-state index contributed by atoms with van der Waals surface area (Å²) in [6.07, 6.45) is 2.18. The zero-order valence-electron chi connectivity index (χ0n) is 11.8. The Labute approximate surface area is 119 Å². The summed E-state index contributed by atoms with van der Waals surface area (Å²) in [6, 6.07) is 13.5. The van der Waals surface area contributed by atoms with E-state index in [0.717, 1.165) is 24.1 Å². The summed E-state index contributed by atoms with van der Waals surface area (Å²) < 4.78 is 0. The lowest BCUT2D eigenvalue weighted by molar-refractivity contribution is 0.0698. The minimum absolute atomic E-state index is 0.294. The molecular weight excluding hydrogens is 250 g/mol. The number of hydrogen-bond acceptors (Lipinski definition) is 2. The number of nitrogens with one attached hydrogen (secondary N) is 1. The molecule has 2 rings (SSSR count). The van der Waals surface area contributed by atoms with Crippen LogP contribution in [0.25, 0.3) is 0 Å². The Morgan fingerprint density at radius 2 is 1.85 bits per heavy atom. The molecule has 2 N–H and O–H groups in total. The molecule has 0 heterocycles. The molecule has 20 heavy (non-hydrogen) atoms. The van der Waals surface area contributed by atoms with Crippen molar-refractivity contribution in [1.82, 2.24) is 0 Å². The Kier molecular flexibility index (Phi) is 4.41. The summed E-state index contributed by atoms with van der Waals surface area (Å²) in [5.41, 5.74) is 4.04. The van der Waals surface area contributed by atoms with Crippen molar-refractivity contribution in [3.63, 3.8) is 0 Å². The van der Waals surface area contributed by atoms with Crippen molar-refractivity contribution in [3.8, 4) is 0 Å². The van der Waals surface area contributed by atoms with E-state index in [9.17, 15) is 9.90 Å². The van der Waals surface area contributed by atoms with Crippen LogP contribution in [0.5, 0.6) is 0 Å². The first-order valence-corrected chi connectivity index (χ1v) is 6.80. The number of carboxylic acids is 1. The molecule has 0 aliphatic heterocycles. The topological polar surface area (TPSA) is 49.3 Å². The molecule has 0 atom stereocenters. The molecule has 0 aliphatic carbocycles. The van der Waals surface area contributed by atoms with Crippen molar-refractivity contribution in [2.45, 2.75) is 26.7 Å². The summed E-state index contributed by atoms with van der Waals surface area (Å²) in [5.74, 6) is -0.918. The predicted octanol–water partition coefficient (Wildman–Crippen LogP) is 4.39. The molecule has 0 amide bonds. The van der Waals surface area contributed by atoms with Gasteiger partial charge < -0.3 is 10.4 Å². The Morgan fingerprint density at radius 1 is 1.15 bits per heavy atom. The quantitative estimate of drug-likeness (QED) is 0.846. The standard InChI is InChI=1S/C17H19NO2/c1-3-4-13-6-8-14(9-7-13)18-16-10-5-12(2)11-15(16)17(19)20/h5-11,18H,3-4H2,1-2H3,(H,19,20). The fourth-order valence-electron chi connectivity index (χ4n) is 2.14. The first-order valence-electron chi connectivity index (χ1n) is 6.80. The van der Waals surface area contributed by atoms with Gasteiger partial charge in [0.15, 0.2) is 0 Å². The third-order valence-corrected chi connectivity index (χ3v) is 3.18. The number of rotatable bonds is 5. The predicted molar refractivity (Wildman–Crippen MR) is 81.9 cm³/mol. The van der Waals surface area contributed by atoms with Gasteiger partial charge in [0, 0.05) is 5.69 Å². The largest absolute Gasteiger partial charge is 0.478 e. The lowest BCUT2D eigenvalue weighted by Crippen LogP contribution is -2.03. The van der Waals surface area contributed by atoms with Crippen LogP contribution < -0.4 is 5.32 Å². The molecule has 0 unspecified atom stereocenters. The Balaban J connectivity index is 2.23. The summed E-state index contributed by atoms with van der Waals surface area (Å²) >= 11 is 0. The van der Waals surface area contributed by atoms with E-state index in [1.165, 1.54) is 5.56 Å². The SMILES string of the molecule is CCCc1ccc(Nc2ccc(C)cc2C(=O)O)cc1. The fraction of sp³-hybridized carbons (Fsp3) is 0.235. The minimum atomic E-state index is -0.918. The third-order valence-electron chi connectivity index (χ3n) is 3.18. The molecule has 104 valence electrons. The van der Waals surface area contributed by atoms with Gasteiger partial charge in [-0.1, -0.05) is 37.1 Å². The highest BCUT2D eigenvalue weighted by Gasteiger charge is 2.10. The van der Waals surface area contributed by atoms with Crippen molar-refractivity contribution in [2.24, 2.45) is 0 Å². The van der Waals surface area contributed by atoms with Gasteiger partial charge in [0.2, 0.25) is 0 Å². The van der Waals surface area contributed by atoms with Gasteiger partial charge in [0.1, 0.15) is 0 Å². The summed E-state index contributed by atoms with van der Waals surface area (Å²) in [7, 11) is 0. The first kappa shape index (κ1) is 14.1. The lowest BCUT2D eigenvalue weighted by Gasteiger charge is -2.11. The number of benzene rings is 2. The normalized spacial score (nSPS) is 10.3. The van der Waals surface area contributed by atoms with Gasteiger partial charge in [-0.3, -0.25) is 0 Å². The van der Waals surface area contributed by atoms with Crippen molar-refractivity contribution < 1.29 is 9.90 Å². The van der Waals surface area contributed by atoms with Crippen molar-refractivity contribution in [1.29, 1.82) is 0 Å². The second-order valence-electron chi connectivity index (χ2n) is 4.93. The zero-order valence-corrected chi connectivity index (χ0v) is 11.8. The van der Waals surface area contributed by atoms with Crippen LogP contribution in [0.1, 0.15) is 34.8 Å². The van der Waals surface area contributed by atoms with Crippen LogP contribution in [0.3, 0.4) is 0 Å². The smallest absolute Gasteiger partial charge is 0.337 e. The first-order chi connectivity index (χ1) is 9.60. The van der Waals surface area contributed by atoms with E-state index in [4.69, 9.17) is 0 Å². The number of hydrogen-bond donors (Lipinski definition) is 2. The fourth-order valence-corrected chi connectivity index (χ4v) is 2.14. The second kappa shape index (κ2) is 6.24. The molecule has 0 bridgehead atoms. The summed E-state index contributed by atoms with van der Waals surface area (Å²) in [6.45, 7) is 4.04. The second-order valence-corrected chi connectivity index (χ2v) is 4.93. The van der Waals surface area contributed by atoms with Crippen LogP contribution >= 0.6 is 0 Å². The van der Waals surface area contributed by atoms with E-state index >= 15 is 0 Å². The molecule has 0 saturated carbocycles. The average molecular weight is 269 g/mol. The Bertz CT molecular complexity index is 603. The van der Waals surface area contributed by atoms with Gasteiger partial charge in [-0.25, -0.2) is 4.79 Å². The van der Waals surface area contributed by atoms with Gasteiger partial charge in [0.05, 0.1) is 11.3 Å². The van der Waals surface area contributed by atoms with Gasteiger partial charge in [0.25, 0.3) is 0 Å². The molecule has 0 radical (unpaired) electrons. The lowest BCUT2D eigenvalue weighted by atomic mass is 10.1. The molecular formula is C17H19NO2. The van der Waals surface area contributed by atoms with E-state index in [0.29, 0.717) is 11.3 Å². The Hall–Kier alpha value is -2.29. The molecule has 0 saturated heterocycles. The van der Waals surface area contributed by atoms with Gasteiger partial charge >= 0.3 is 5.97 Å². The van der Waals surface area contributed by atoms with Crippen LogP contribution in [0.4, 0.5) is 11.4 Å². The van der Waals surface area contributed by atoms with Crippen molar-refractivity contribution >= 4 is 17.3 Å². The molecule has 3 heteroatoms. The number of aromatic carboxylic acids is 1. The average Bonchev–Trinajstić information content (AvgIpc) is 2.43. The third kappa shape index (κ3) is 3.38. The van der Waals surface area contributed by atoms with Gasteiger partial charge in [-0.05, 0) is 43.2 Å². The highest BCUT2D eigenvalue weighted by atomic mass is 16.4. The monoisotopic (exact) mass is 269 g/mol. The maximum Gasteiger partial charge on any atom is 0.337 e. The molecule has 0 aliphatic rings. The highest BCUT2D eigenvalue weighted by Crippen LogP contribution is 2.22. The molecule has 3 nitrogen and oxygen atoms in total. The van der Waals surface area contributed by atoms with Crippen LogP contribution in [-0.2, 0) is 6.42 Å².